The quantitative estimate of drug-likeness (QED) is 0.685. The molecule has 0 aromatic carbocycles. The van der Waals surface area contributed by atoms with Gasteiger partial charge in [0.1, 0.15) is 17.3 Å². The van der Waals surface area contributed by atoms with E-state index >= 15 is 0 Å². The van der Waals surface area contributed by atoms with Crippen molar-refractivity contribution in [3.8, 4) is 0 Å². The Kier molecular flexibility index (Phi) is 2.78. The number of halogens is 1. The number of carbonyl (C=O) groups excluding carboxylic acids is 1. The molecule has 1 aromatic rings. The van der Waals surface area contributed by atoms with Crippen LogP contribution in [0, 0.1) is 17.8 Å². The maximum absolute atomic E-state index is 11.2. The molecule has 4 aliphatic rings. The number of anilines is 1. The van der Waals surface area contributed by atoms with Gasteiger partial charge in [0.15, 0.2) is 6.29 Å². The first-order valence-corrected chi connectivity index (χ1v) is 7.79. The number of rotatable bonds is 3. The first-order chi connectivity index (χ1) is 9.67. The van der Waals surface area contributed by atoms with Crippen molar-refractivity contribution in [1.29, 1.82) is 0 Å². The summed E-state index contributed by atoms with van der Waals surface area (Å²) in [5, 5.41) is 3.82. The molecule has 0 atom stereocenters. The summed E-state index contributed by atoms with van der Waals surface area (Å²) in [6.45, 7) is 0. The molecule has 1 aromatic heterocycles. The largest absolute Gasteiger partial charge is 0.364 e. The van der Waals surface area contributed by atoms with E-state index in [-0.39, 0.29) is 10.7 Å². The molecule has 20 heavy (non-hydrogen) atoms. The predicted molar refractivity (Wildman–Crippen MR) is 77.0 cm³/mol. The molecule has 0 aliphatic heterocycles. The van der Waals surface area contributed by atoms with E-state index in [1.807, 2.05) is 0 Å². The first-order valence-electron chi connectivity index (χ1n) is 7.41. The average molecular weight is 292 g/mol. The molecule has 1 heterocycles. The van der Waals surface area contributed by atoms with Gasteiger partial charge in [0.25, 0.3) is 0 Å². The van der Waals surface area contributed by atoms with Gasteiger partial charge in [-0.3, -0.25) is 4.79 Å². The van der Waals surface area contributed by atoms with Crippen molar-refractivity contribution >= 4 is 23.7 Å². The van der Waals surface area contributed by atoms with Gasteiger partial charge in [0.2, 0.25) is 0 Å². The Labute approximate surface area is 123 Å². The van der Waals surface area contributed by atoms with Crippen molar-refractivity contribution in [2.75, 3.05) is 5.32 Å². The third-order valence-corrected chi connectivity index (χ3v) is 5.68. The second kappa shape index (κ2) is 4.42. The van der Waals surface area contributed by atoms with Gasteiger partial charge in [-0.1, -0.05) is 11.6 Å². The Hall–Kier alpha value is -1.16. The van der Waals surface area contributed by atoms with E-state index in [1.165, 1.54) is 44.9 Å². The summed E-state index contributed by atoms with van der Waals surface area (Å²) in [6, 6.07) is 0. The zero-order chi connectivity index (χ0) is 13.7. The molecule has 0 radical (unpaired) electrons. The summed E-state index contributed by atoms with van der Waals surface area (Å²) in [6.07, 6.45) is 9.99. The van der Waals surface area contributed by atoms with Gasteiger partial charge in [-0.25, -0.2) is 9.97 Å². The Morgan fingerprint density at radius 2 is 1.75 bits per heavy atom. The SMILES string of the molecule is O=Cc1c(Cl)ncnc1NC12CC3CC(CC(C3)C1)C2. The van der Waals surface area contributed by atoms with Crippen LogP contribution >= 0.6 is 11.6 Å². The molecule has 0 amide bonds. The van der Waals surface area contributed by atoms with Crippen LogP contribution in [0.4, 0.5) is 5.82 Å². The fraction of sp³-hybridized carbons (Fsp3) is 0.667. The van der Waals surface area contributed by atoms with Crippen LogP contribution in [0.1, 0.15) is 48.9 Å². The number of aromatic nitrogens is 2. The molecule has 0 spiro atoms. The molecular formula is C15H18ClN3O. The third kappa shape index (κ3) is 1.93. The van der Waals surface area contributed by atoms with Crippen LogP contribution < -0.4 is 5.32 Å². The van der Waals surface area contributed by atoms with Crippen LogP contribution in [0.25, 0.3) is 0 Å². The van der Waals surface area contributed by atoms with Crippen LogP contribution in [0.3, 0.4) is 0 Å². The first kappa shape index (κ1) is 12.6. The van der Waals surface area contributed by atoms with Crippen LogP contribution in [0.5, 0.6) is 0 Å². The van der Waals surface area contributed by atoms with Crippen molar-refractivity contribution in [2.45, 2.75) is 44.1 Å². The molecule has 0 saturated heterocycles. The summed E-state index contributed by atoms with van der Waals surface area (Å²) < 4.78 is 0. The molecular weight excluding hydrogens is 274 g/mol. The lowest BCUT2D eigenvalue weighted by atomic mass is 9.53. The molecule has 0 unspecified atom stereocenters. The number of nitrogens with zero attached hydrogens (tertiary/aromatic N) is 2. The van der Waals surface area contributed by atoms with E-state index in [2.05, 4.69) is 15.3 Å². The second-order valence-corrected chi connectivity index (χ2v) is 7.23. The monoisotopic (exact) mass is 291 g/mol. The number of hydrogen-bond donors (Lipinski definition) is 1. The van der Waals surface area contributed by atoms with Crippen molar-refractivity contribution in [3.05, 3.63) is 17.0 Å². The van der Waals surface area contributed by atoms with E-state index in [9.17, 15) is 4.79 Å². The van der Waals surface area contributed by atoms with Gasteiger partial charge in [0, 0.05) is 5.54 Å². The lowest BCUT2D eigenvalue weighted by Gasteiger charge is -2.57. The highest BCUT2D eigenvalue weighted by atomic mass is 35.5. The molecule has 106 valence electrons. The Morgan fingerprint density at radius 1 is 1.15 bits per heavy atom. The van der Waals surface area contributed by atoms with Crippen molar-refractivity contribution in [3.63, 3.8) is 0 Å². The minimum absolute atomic E-state index is 0.129. The average Bonchev–Trinajstić information content (AvgIpc) is 2.36. The van der Waals surface area contributed by atoms with Crippen molar-refractivity contribution in [1.82, 2.24) is 9.97 Å². The van der Waals surface area contributed by atoms with Crippen molar-refractivity contribution < 1.29 is 4.79 Å². The third-order valence-electron chi connectivity index (χ3n) is 5.37. The van der Waals surface area contributed by atoms with E-state index < -0.39 is 0 Å². The summed E-state index contributed by atoms with van der Waals surface area (Å²) in [4.78, 5) is 19.4. The van der Waals surface area contributed by atoms with Gasteiger partial charge in [-0.05, 0) is 56.3 Å². The Morgan fingerprint density at radius 3 is 2.30 bits per heavy atom. The molecule has 4 saturated carbocycles. The summed E-state index contributed by atoms with van der Waals surface area (Å²) >= 11 is 5.99. The normalized spacial score (nSPS) is 38.0. The molecule has 4 fully saturated rings. The van der Waals surface area contributed by atoms with E-state index in [0.29, 0.717) is 11.4 Å². The summed E-state index contributed by atoms with van der Waals surface area (Å²) in [7, 11) is 0. The highest BCUT2D eigenvalue weighted by Crippen LogP contribution is 2.56. The number of aldehydes is 1. The van der Waals surface area contributed by atoms with Crippen LogP contribution in [0.2, 0.25) is 5.15 Å². The number of nitrogens with one attached hydrogen (secondary N) is 1. The topological polar surface area (TPSA) is 54.9 Å². The Balaban J connectivity index is 1.66. The van der Waals surface area contributed by atoms with E-state index in [0.717, 1.165) is 24.0 Å². The zero-order valence-electron chi connectivity index (χ0n) is 11.3. The number of carbonyl (C=O) groups is 1. The molecule has 4 bridgehead atoms. The van der Waals surface area contributed by atoms with Crippen LogP contribution in [-0.2, 0) is 0 Å². The van der Waals surface area contributed by atoms with E-state index in [1.54, 1.807) is 0 Å². The van der Waals surface area contributed by atoms with Crippen LogP contribution in [-0.4, -0.2) is 21.8 Å². The molecule has 4 aliphatic carbocycles. The molecule has 5 heteroatoms. The van der Waals surface area contributed by atoms with Gasteiger partial charge in [-0.15, -0.1) is 0 Å². The van der Waals surface area contributed by atoms with Crippen molar-refractivity contribution in [2.24, 2.45) is 17.8 Å². The van der Waals surface area contributed by atoms with Gasteiger partial charge >= 0.3 is 0 Å². The highest BCUT2D eigenvalue weighted by molar-refractivity contribution is 6.32. The predicted octanol–water partition coefficient (Wildman–Crippen LogP) is 3.32. The maximum atomic E-state index is 11.2. The maximum Gasteiger partial charge on any atom is 0.156 e. The lowest BCUT2D eigenvalue weighted by Crippen LogP contribution is -2.55. The lowest BCUT2D eigenvalue weighted by molar-refractivity contribution is 0.0105. The summed E-state index contributed by atoms with van der Waals surface area (Å²) in [5.74, 6) is 3.17. The second-order valence-electron chi connectivity index (χ2n) is 6.87. The smallest absolute Gasteiger partial charge is 0.156 e. The van der Waals surface area contributed by atoms with Gasteiger partial charge in [-0.2, -0.15) is 0 Å². The standard InChI is InChI=1S/C15H18ClN3O/c16-13-12(7-20)14(18-8-17-13)19-15-4-9-1-10(5-15)3-11(2-9)6-15/h7-11H,1-6H2,(H,17,18,19). The summed E-state index contributed by atoms with van der Waals surface area (Å²) in [5.41, 5.74) is 0.523. The Bertz CT molecular complexity index is 525. The highest BCUT2D eigenvalue weighted by Gasteiger charge is 2.51. The number of hydrogen-bond acceptors (Lipinski definition) is 4. The molecule has 1 N–H and O–H groups in total. The fourth-order valence-electron chi connectivity index (χ4n) is 5.09. The molecule has 5 rings (SSSR count). The fourth-order valence-corrected chi connectivity index (χ4v) is 5.27. The van der Waals surface area contributed by atoms with E-state index in [4.69, 9.17) is 11.6 Å². The molecule has 4 nitrogen and oxygen atoms in total. The minimum Gasteiger partial charge on any atom is -0.364 e. The van der Waals surface area contributed by atoms with Gasteiger partial charge < -0.3 is 5.32 Å². The minimum atomic E-state index is 0.129. The zero-order valence-corrected chi connectivity index (χ0v) is 12.1. The van der Waals surface area contributed by atoms with Crippen LogP contribution in [0.15, 0.2) is 6.33 Å². The van der Waals surface area contributed by atoms with Gasteiger partial charge in [0.05, 0.1) is 5.56 Å².